The lowest BCUT2D eigenvalue weighted by molar-refractivity contribution is -0.141. The van der Waals surface area contributed by atoms with E-state index in [9.17, 15) is 9.59 Å². The molecule has 1 aromatic rings. The largest absolute Gasteiger partial charge is 0.467 e. The van der Waals surface area contributed by atoms with Crippen molar-refractivity contribution in [1.29, 1.82) is 0 Å². The molecule has 1 atom stereocenters. The number of hydrogen-bond acceptors (Lipinski definition) is 4. The van der Waals surface area contributed by atoms with Gasteiger partial charge in [0.1, 0.15) is 6.04 Å². The van der Waals surface area contributed by atoms with E-state index >= 15 is 0 Å². The third-order valence-electron chi connectivity index (χ3n) is 2.41. The van der Waals surface area contributed by atoms with Crippen LogP contribution in [0.4, 0.5) is 10.5 Å². The summed E-state index contributed by atoms with van der Waals surface area (Å²) in [6, 6.07) is 6.20. The molecule has 0 radical (unpaired) electrons. The number of ether oxygens (including phenoxy) is 2. The van der Waals surface area contributed by atoms with E-state index in [-0.39, 0.29) is 0 Å². The maximum Gasteiger partial charge on any atom is 0.414 e. The Morgan fingerprint density at radius 2 is 1.72 bits per heavy atom. The van der Waals surface area contributed by atoms with Crippen molar-refractivity contribution in [2.45, 2.75) is 13.0 Å². The van der Waals surface area contributed by atoms with Gasteiger partial charge in [-0.3, -0.25) is 4.90 Å². The summed E-state index contributed by atoms with van der Waals surface area (Å²) < 4.78 is 10.2. The zero-order valence-electron chi connectivity index (χ0n) is 10.3. The second kappa shape index (κ2) is 6.39. The molecular formula is C12H14BrNO4. The lowest BCUT2D eigenvalue weighted by atomic mass is 10.2. The van der Waals surface area contributed by atoms with Gasteiger partial charge in [-0.1, -0.05) is 15.9 Å². The first-order valence-corrected chi connectivity index (χ1v) is 6.01. The predicted octanol–water partition coefficient (Wildman–Crippen LogP) is 2.58. The Morgan fingerprint density at radius 1 is 1.17 bits per heavy atom. The zero-order chi connectivity index (χ0) is 13.7. The zero-order valence-corrected chi connectivity index (χ0v) is 11.9. The predicted molar refractivity (Wildman–Crippen MR) is 70.5 cm³/mol. The van der Waals surface area contributed by atoms with Crippen LogP contribution in [0.2, 0.25) is 0 Å². The van der Waals surface area contributed by atoms with E-state index in [1.807, 2.05) is 0 Å². The van der Waals surface area contributed by atoms with Gasteiger partial charge >= 0.3 is 12.1 Å². The highest BCUT2D eigenvalue weighted by atomic mass is 79.9. The number of anilines is 1. The Bertz CT molecular complexity index is 432. The molecule has 6 heteroatoms. The Hall–Kier alpha value is -1.56. The molecule has 0 saturated carbocycles. The summed E-state index contributed by atoms with van der Waals surface area (Å²) >= 11 is 3.30. The molecule has 1 amide bonds. The van der Waals surface area contributed by atoms with Gasteiger partial charge in [0.25, 0.3) is 0 Å². The van der Waals surface area contributed by atoms with Gasteiger partial charge in [-0.25, -0.2) is 9.59 Å². The number of hydrogen-bond donors (Lipinski definition) is 0. The molecule has 1 aromatic carbocycles. The van der Waals surface area contributed by atoms with E-state index in [4.69, 9.17) is 0 Å². The van der Waals surface area contributed by atoms with Crippen LogP contribution in [0.5, 0.6) is 0 Å². The Labute approximate surface area is 114 Å². The first-order chi connectivity index (χ1) is 8.51. The van der Waals surface area contributed by atoms with Gasteiger partial charge in [-0.2, -0.15) is 0 Å². The normalized spacial score (nSPS) is 11.6. The van der Waals surface area contributed by atoms with Crippen LogP contribution in [0.15, 0.2) is 28.7 Å². The maximum absolute atomic E-state index is 11.7. The highest BCUT2D eigenvalue weighted by molar-refractivity contribution is 9.10. The van der Waals surface area contributed by atoms with Gasteiger partial charge in [0, 0.05) is 10.2 Å². The molecule has 0 bridgehead atoms. The molecule has 5 nitrogen and oxygen atoms in total. The molecule has 1 rings (SSSR count). The Balaban J connectivity index is 3.09. The fourth-order valence-electron chi connectivity index (χ4n) is 1.46. The fraction of sp³-hybridized carbons (Fsp3) is 0.333. The second-order valence-corrected chi connectivity index (χ2v) is 4.43. The van der Waals surface area contributed by atoms with Crippen LogP contribution >= 0.6 is 15.9 Å². The van der Waals surface area contributed by atoms with Crippen LogP contribution < -0.4 is 4.90 Å². The molecule has 18 heavy (non-hydrogen) atoms. The van der Waals surface area contributed by atoms with Crippen molar-refractivity contribution >= 4 is 33.7 Å². The van der Waals surface area contributed by atoms with Gasteiger partial charge in [0.05, 0.1) is 14.2 Å². The SMILES string of the molecule is COC(=O)[C@H](C)N(C(=O)OC)c1ccc(Br)cc1. The Morgan fingerprint density at radius 3 is 2.17 bits per heavy atom. The summed E-state index contributed by atoms with van der Waals surface area (Å²) in [7, 11) is 2.54. The minimum absolute atomic E-state index is 0.511. The van der Waals surface area contributed by atoms with Crippen molar-refractivity contribution < 1.29 is 19.1 Å². The van der Waals surface area contributed by atoms with E-state index in [0.717, 1.165) is 4.47 Å². The number of methoxy groups -OCH3 is 2. The van der Waals surface area contributed by atoms with Crippen LogP contribution in [-0.4, -0.2) is 32.3 Å². The Kier molecular flexibility index (Phi) is 5.15. The first kappa shape index (κ1) is 14.5. The monoisotopic (exact) mass is 315 g/mol. The lowest BCUT2D eigenvalue weighted by Gasteiger charge is -2.26. The molecule has 0 aromatic heterocycles. The third-order valence-corrected chi connectivity index (χ3v) is 2.93. The number of benzene rings is 1. The van der Waals surface area contributed by atoms with Gasteiger partial charge in [-0.15, -0.1) is 0 Å². The molecule has 0 fully saturated rings. The highest BCUT2D eigenvalue weighted by Gasteiger charge is 2.28. The van der Waals surface area contributed by atoms with E-state index in [2.05, 4.69) is 25.4 Å². The van der Waals surface area contributed by atoms with Crippen molar-refractivity contribution in [3.8, 4) is 0 Å². The molecule has 0 N–H and O–H groups in total. The number of amides is 1. The van der Waals surface area contributed by atoms with Gasteiger partial charge < -0.3 is 9.47 Å². The molecule has 0 heterocycles. The smallest absolute Gasteiger partial charge is 0.414 e. The van der Waals surface area contributed by atoms with Crippen LogP contribution in [0.3, 0.4) is 0 Å². The van der Waals surface area contributed by atoms with E-state index in [0.29, 0.717) is 5.69 Å². The van der Waals surface area contributed by atoms with Gasteiger partial charge in [0.15, 0.2) is 0 Å². The number of carbonyl (C=O) groups excluding carboxylic acids is 2. The molecule has 0 unspecified atom stereocenters. The molecule has 0 spiro atoms. The van der Waals surface area contributed by atoms with Gasteiger partial charge in [-0.05, 0) is 31.2 Å². The molecule has 98 valence electrons. The van der Waals surface area contributed by atoms with Crippen molar-refractivity contribution in [2.75, 3.05) is 19.1 Å². The minimum atomic E-state index is -0.761. The molecule has 0 aliphatic carbocycles. The number of esters is 1. The van der Waals surface area contributed by atoms with Crippen LogP contribution in [0.25, 0.3) is 0 Å². The summed E-state index contributed by atoms with van der Waals surface area (Å²) in [5.74, 6) is -0.511. The lowest BCUT2D eigenvalue weighted by Crippen LogP contribution is -2.44. The summed E-state index contributed by atoms with van der Waals surface area (Å²) in [5, 5.41) is 0. The van der Waals surface area contributed by atoms with Crippen LogP contribution in [0, 0.1) is 0 Å². The average molecular weight is 316 g/mol. The summed E-state index contributed by atoms with van der Waals surface area (Å²) in [6.07, 6.45) is -0.616. The second-order valence-electron chi connectivity index (χ2n) is 3.52. The number of nitrogens with zero attached hydrogens (tertiary/aromatic N) is 1. The molecule has 0 saturated heterocycles. The van der Waals surface area contributed by atoms with Crippen molar-refractivity contribution in [3.05, 3.63) is 28.7 Å². The number of carbonyl (C=O) groups is 2. The first-order valence-electron chi connectivity index (χ1n) is 5.21. The van der Waals surface area contributed by atoms with E-state index in [1.165, 1.54) is 19.1 Å². The topological polar surface area (TPSA) is 55.8 Å². The van der Waals surface area contributed by atoms with Crippen LogP contribution in [-0.2, 0) is 14.3 Å². The highest BCUT2D eigenvalue weighted by Crippen LogP contribution is 2.21. The summed E-state index contributed by atoms with van der Waals surface area (Å²) in [4.78, 5) is 24.5. The third kappa shape index (κ3) is 3.22. The number of halogens is 1. The van der Waals surface area contributed by atoms with Crippen molar-refractivity contribution in [2.24, 2.45) is 0 Å². The fourth-order valence-corrected chi connectivity index (χ4v) is 1.73. The minimum Gasteiger partial charge on any atom is -0.467 e. The molecular weight excluding hydrogens is 302 g/mol. The van der Waals surface area contributed by atoms with Crippen molar-refractivity contribution in [3.63, 3.8) is 0 Å². The summed E-state index contributed by atoms with van der Waals surface area (Å²) in [5.41, 5.74) is 0.558. The standard InChI is InChI=1S/C12H14BrNO4/c1-8(11(15)17-2)14(12(16)18-3)10-6-4-9(13)5-7-10/h4-8H,1-3H3/t8-/m0/s1. The van der Waals surface area contributed by atoms with Crippen molar-refractivity contribution in [1.82, 2.24) is 0 Å². The van der Waals surface area contributed by atoms with E-state index in [1.54, 1.807) is 31.2 Å². The maximum atomic E-state index is 11.7. The van der Waals surface area contributed by atoms with Gasteiger partial charge in [0.2, 0.25) is 0 Å². The quantitative estimate of drug-likeness (QED) is 0.804. The summed E-state index contributed by atoms with van der Waals surface area (Å²) in [6.45, 7) is 1.57. The van der Waals surface area contributed by atoms with Crippen LogP contribution in [0.1, 0.15) is 6.92 Å². The van der Waals surface area contributed by atoms with E-state index < -0.39 is 18.1 Å². The molecule has 0 aliphatic rings. The average Bonchev–Trinajstić information content (AvgIpc) is 2.39. The number of rotatable bonds is 3. The molecule has 0 aliphatic heterocycles.